The van der Waals surface area contributed by atoms with Gasteiger partial charge in [-0.1, -0.05) is 0 Å². The first-order chi connectivity index (χ1) is 13.3. The summed E-state index contributed by atoms with van der Waals surface area (Å²) in [4.78, 5) is 21.7. The van der Waals surface area contributed by atoms with Gasteiger partial charge in [0, 0.05) is 44.7 Å². The quantitative estimate of drug-likeness (QED) is 0.272. The SMILES string of the molecule is CN=C(NCCOc1ncccc1C(F)(F)F)N1CCCC2(CNC(=O)C2)C1.I. The minimum atomic E-state index is -4.51. The zero-order valence-corrected chi connectivity index (χ0v) is 18.4. The van der Waals surface area contributed by atoms with E-state index in [4.69, 9.17) is 4.74 Å². The molecule has 1 aromatic heterocycles. The van der Waals surface area contributed by atoms with Crippen molar-refractivity contribution in [1.29, 1.82) is 0 Å². The molecule has 2 saturated heterocycles. The van der Waals surface area contributed by atoms with Crippen LogP contribution in [0.2, 0.25) is 0 Å². The monoisotopic (exact) mass is 527 g/mol. The number of pyridine rings is 1. The van der Waals surface area contributed by atoms with Gasteiger partial charge in [-0.05, 0) is 25.0 Å². The number of aliphatic imine (C=N–C) groups is 1. The summed E-state index contributed by atoms with van der Waals surface area (Å²) in [5, 5.41) is 6.02. The maximum absolute atomic E-state index is 13.0. The molecule has 2 aliphatic rings. The minimum absolute atomic E-state index is 0. The molecule has 1 unspecified atom stereocenters. The Kier molecular flexibility index (Phi) is 7.94. The Morgan fingerprint density at radius 2 is 2.28 bits per heavy atom. The molecule has 3 heterocycles. The summed E-state index contributed by atoms with van der Waals surface area (Å²) in [6, 6.07) is 2.17. The molecule has 2 aliphatic heterocycles. The number of ether oxygens (including phenoxy) is 1. The van der Waals surface area contributed by atoms with E-state index >= 15 is 0 Å². The van der Waals surface area contributed by atoms with Crippen LogP contribution in [0.25, 0.3) is 0 Å². The van der Waals surface area contributed by atoms with Gasteiger partial charge in [-0.2, -0.15) is 13.2 Å². The molecular formula is C18H25F3IN5O2. The average molecular weight is 527 g/mol. The van der Waals surface area contributed by atoms with Gasteiger partial charge in [-0.15, -0.1) is 24.0 Å². The van der Waals surface area contributed by atoms with Crippen LogP contribution >= 0.6 is 24.0 Å². The van der Waals surface area contributed by atoms with E-state index in [1.165, 1.54) is 12.3 Å². The number of carbonyl (C=O) groups excluding carboxylic acids is 1. The van der Waals surface area contributed by atoms with Gasteiger partial charge >= 0.3 is 6.18 Å². The van der Waals surface area contributed by atoms with Crippen LogP contribution in [0.1, 0.15) is 24.8 Å². The first-order valence-corrected chi connectivity index (χ1v) is 9.20. The van der Waals surface area contributed by atoms with E-state index in [0.717, 1.165) is 25.5 Å². The van der Waals surface area contributed by atoms with E-state index in [1.807, 2.05) is 0 Å². The largest absolute Gasteiger partial charge is 0.475 e. The summed E-state index contributed by atoms with van der Waals surface area (Å²) in [6.07, 6.45) is -0.788. The van der Waals surface area contributed by atoms with Gasteiger partial charge in [0.2, 0.25) is 11.8 Å². The van der Waals surface area contributed by atoms with Gasteiger partial charge in [0.25, 0.3) is 0 Å². The van der Waals surface area contributed by atoms with Crippen molar-refractivity contribution in [2.24, 2.45) is 10.4 Å². The normalized spacial score (nSPS) is 22.3. The molecule has 0 bridgehead atoms. The number of hydrogen-bond donors (Lipinski definition) is 2. The highest BCUT2D eigenvalue weighted by molar-refractivity contribution is 14.0. The summed E-state index contributed by atoms with van der Waals surface area (Å²) in [5.41, 5.74) is -0.963. The maximum atomic E-state index is 13.0. The highest BCUT2D eigenvalue weighted by atomic mass is 127. The first-order valence-electron chi connectivity index (χ1n) is 9.20. The lowest BCUT2D eigenvalue weighted by Gasteiger charge is -2.40. The Bertz CT molecular complexity index is 746. The van der Waals surface area contributed by atoms with E-state index in [0.29, 0.717) is 25.5 Å². The van der Waals surface area contributed by atoms with Crippen LogP contribution in [0.15, 0.2) is 23.3 Å². The summed E-state index contributed by atoms with van der Waals surface area (Å²) >= 11 is 0. The van der Waals surface area contributed by atoms with Crippen LogP contribution in [-0.4, -0.2) is 61.6 Å². The lowest BCUT2D eigenvalue weighted by atomic mass is 9.79. The second-order valence-corrected chi connectivity index (χ2v) is 7.15. The lowest BCUT2D eigenvalue weighted by Crippen LogP contribution is -2.51. The molecule has 2 N–H and O–H groups in total. The number of amides is 1. The summed E-state index contributed by atoms with van der Waals surface area (Å²) in [7, 11) is 1.66. The number of likely N-dealkylation sites (tertiary alicyclic amines) is 1. The highest BCUT2D eigenvalue weighted by Crippen LogP contribution is 2.36. The standard InChI is InChI=1S/C18H24F3N5O2.HI/c1-22-16(26-8-3-5-17(12-26)10-14(27)25-11-17)24-7-9-28-15-13(18(19,20)21)4-2-6-23-15;/h2,4,6H,3,5,7-12H2,1H3,(H,22,24)(H,25,27);1H. The molecule has 0 radical (unpaired) electrons. The number of rotatable bonds is 4. The van der Waals surface area contributed by atoms with Crippen molar-refractivity contribution in [3.63, 3.8) is 0 Å². The Morgan fingerprint density at radius 3 is 2.93 bits per heavy atom. The highest BCUT2D eigenvalue weighted by Gasteiger charge is 2.42. The molecule has 11 heteroatoms. The van der Waals surface area contributed by atoms with Gasteiger partial charge < -0.3 is 20.3 Å². The van der Waals surface area contributed by atoms with Crippen LogP contribution in [0, 0.1) is 5.41 Å². The Balaban J connectivity index is 0.00000300. The van der Waals surface area contributed by atoms with Gasteiger partial charge in [0.05, 0.1) is 6.54 Å². The van der Waals surface area contributed by atoms with Crippen molar-refractivity contribution in [2.45, 2.75) is 25.4 Å². The number of hydrogen-bond acceptors (Lipinski definition) is 4. The fraction of sp³-hybridized carbons (Fsp3) is 0.611. The second-order valence-electron chi connectivity index (χ2n) is 7.15. The maximum Gasteiger partial charge on any atom is 0.421 e. The lowest BCUT2D eigenvalue weighted by molar-refractivity contribution is -0.139. The fourth-order valence-electron chi connectivity index (χ4n) is 3.79. The Labute approximate surface area is 184 Å². The summed E-state index contributed by atoms with van der Waals surface area (Å²) in [5.74, 6) is 0.298. The van der Waals surface area contributed by atoms with Crippen LogP contribution in [-0.2, 0) is 11.0 Å². The molecule has 0 aromatic carbocycles. The molecule has 1 spiro atoms. The number of nitrogens with zero attached hydrogens (tertiary/aromatic N) is 3. The Morgan fingerprint density at radius 1 is 1.48 bits per heavy atom. The first kappa shape index (κ1) is 23.5. The van der Waals surface area contributed by atoms with Crippen LogP contribution in [0.5, 0.6) is 5.88 Å². The molecule has 1 aromatic rings. The molecule has 3 rings (SSSR count). The Hall–Kier alpha value is -1.79. The van der Waals surface area contributed by atoms with Crippen LogP contribution < -0.4 is 15.4 Å². The molecule has 0 saturated carbocycles. The van der Waals surface area contributed by atoms with Gasteiger partial charge in [-0.25, -0.2) is 4.98 Å². The number of nitrogens with one attached hydrogen (secondary N) is 2. The fourth-order valence-corrected chi connectivity index (χ4v) is 3.79. The average Bonchev–Trinajstić information content (AvgIpc) is 3.01. The number of alkyl halides is 3. The topological polar surface area (TPSA) is 78.9 Å². The van der Waals surface area contributed by atoms with Crippen molar-refractivity contribution >= 4 is 35.8 Å². The van der Waals surface area contributed by atoms with Crippen LogP contribution in [0.4, 0.5) is 13.2 Å². The second kappa shape index (κ2) is 9.81. The van der Waals surface area contributed by atoms with Crippen molar-refractivity contribution in [3.8, 4) is 5.88 Å². The van der Waals surface area contributed by atoms with E-state index in [2.05, 4.69) is 25.5 Å². The van der Waals surface area contributed by atoms with Gasteiger partial charge in [0.1, 0.15) is 12.2 Å². The molecule has 1 atom stereocenters. The van der Waals surface area contributed by atoms with Crippen LogP contribution in [0.3, 0.4) is 0 Å². The third-order valence-corrected chi connectivity index (χ3v) is 5.07. The van der Waals surface area contributed by atoms with Gasteiger partial charge in [-0.3, -0.25) is 9.79 Å². The predicted octanol–water partition coefficient (Wildman–Crippen LogP) is 2.27. The van der Waals surface area contributed by atoms with Crippen molar-refractivity contribution in [1.82, 2.24) is 20.5 Å². The van der Waals surface area contributed by atoms with E-state index in [1.54, 1.807) is 7.05 Å². The minimum Gasteiger partial charge on any atom is -0.475 e. The van der Waals surface area contributed by atoms with Gasteiger partial charge in [0.15, 0.2) is 5.96 Å². The van der Waals surface area contributed by atoms with E-state index in [9.17, 15) is 18.0 Å². The molecule has 29 heavy (non-hydrogen) atoms. The van der Waals surface area contributed by atoms with Crippen molar-refractivity contribution < 1.29 is 22.7 Å². The predicted molar refractivity (Wildman–Crippen MR) is 112 cm³/mol. The molecule has 162 valence electrons. The zero-order chi connectivity index (χ0) is 20.2. The zero-order valence-electron chi connectivity index (χ0n) is 16.1. The number of aromatic nitrogens is 1. The number of halogens is 4. The van der Waals surface area contributed by atoms with Crippen molar-refractivity contribution in [2.75, 3.05) is 39.8 Å². The third kappa shape index (κ3) is 5.86. The number of carbonyl (C=O) groups is 1. The third-order valence-electron chi connectivity index (χ3n) is 5.07. The molecular weight excluding hydrogens is 502 g/mol. The smallest absolute Gasteiger partial charge is 0.421 e. The number of piperidine rings is 1. The number of guanidine groups is 1. The summed E-state index contributed by atoms with van der Waals surface area (Å²) in [6.45, 7) is 2.49. The molecule has 7 nitrogen and oxygen atoms in total. The molecule has 2 fully saturated rings. The van der Waals surface area contributed by atoms with E-state index < -0.39 is 17.6 Å². The van der Waals surface area contributed by atoms with E-state index in [-0.39, 0.29) is 48.5 Å². The summed E-state index contributed by atoms with van der Waals surface area (Å²) < 4.78 is 44.1. The molecule has 0 aliphatic carbocycles. The van der Waals surface area contributed by atoms with Crippen molar-refractivity contribution in [3.05, 3.63) is 23.9 Å². The molecule has 1 amide bonds.